The highest BCUT2D eigenvalue weighted by Gasteiger charge is 2.10. The van der Waals surface area contributed by atoms with Crippen LogP contribution in [0, 0.1) is 6.92 Å². The van der Waals surface area contributed by atoms with E-state index in [1.54, 1.807) is 25.1 Å². The monoisotopic (exact) mass is 309 g/mol. The lowest BCUT2D eigenvalue weighted by Crippen LogP contribution is -2.21. The van der Waals surface area contributed by atoms with E-state index in [0.29, 0.717) is 32.4 Å². The van der Waals surface area contributed by atoms with Crippen LogP contribution < -0.4 is 5.56 Å². The molecule has 2 aromatic heterocycles. The zero-order chi connectivity index (χ0) is 14.3. The van der Waals surface area contributed by atoms with Crippen molar-refractivity contribution in [2.24, 2.45) is 0 Å². The maximum Gasteiger partial charge on any atom is 0.261 e. The molecular formula is C13H9Cl2N3O2. The molecule has 0 amide bonds. The molecule has 0 aliphatic rings. The van der Waals surface area contributed by atoms with Crippen LogP contribution >= 0.6 is 23.2 Å². The number of hydrogen-bond acceptors (Lipinski definition) is 4. The molecule has 0 atom stereocenters. The molecule has 0 saturated heterocycles. The Bertz CT molecular complexity index is 854. The fraction of sp³-hybridized carbons (Fsp3) is 0.154. The number of benzene rings is 1. The molecule has 0 radical (unpaired) electrons. The van der Waals surface area contributed by atoms with Crippen LogP contribution in [0.5, 0.6) is 0 Å². The molecule has 7 heteroatoms. The summed E-state index contributed by atoms with van der Waals surface area (Å²) >= 11 is 12.0. The second-order valence-electron chi connectivity index (χ2n) is 4.39. The van der Waals surface area contributed by atoms with Gasteiger partial charge >= 0.3 is 0 Å². The van der Waals surface area contributed by atoms with Gasteiger partial charge in [0.2, 0.25) is 0 Å². The molecule has 0 unspecified atom stereocenters. The largest absolute Gasteiger partial charge is 0.361 e. The Morgan fingerprint density at radius 1 is 1.30 bits per heavy atom. The summed E-state index contributed by atoms with van der Waals surface area (Å²) in [7, 11) is 0. The summed E-state index contributed by atoms with van der Waals surface area (Å²) < 4.78 is 6.41. The van der Waals surface area contributed by atoms with Gasteiger partial charge in [-0.3, -0.25) is 9.36 Å². The first kappa shape index (κ1) is 13.1. The number of halogens is 2. The van der Waals surface area contributed by atoms with E-state index >= 15 is 0 Å². The van der Waals surface area contributed by atoms with Crippen LogP contribution in [0.25, 0.3) is 10.9 Å². The van der Waals surface area contributed by atoms with Crippen LogP contribution in [-0.2, 0) is 6.54 Å². The summed E-state index contributed by atoms with van der Waals surface area (Å²) in [6.07, 6.45) is 1.44. The first-order chi connectivity index (χ1) is 9.54. The van der Waals surface area contributed by atoms with Crippen molar-refractivity contribution in [3.05, 3.63) is 56.4 Å². The van der Waals surface area contributed by atoms with Crippen molar-refractivity contribution < 1.29 is 4.52 Å². The fourth-order valence-corrected chi connectivity index (χ4v) is 2.52. The summed E-state index contributed by atoms with van der Waals surface area (Å²) in [5.41, 5.74) is 0.868. The lowest BCUT2D eigenvalue weighted by atomic mass is 10.2. The SMILES string of the molecule is Cc1cc(Cn2cnc3c(Cl)cc(Cl)cc3c2=O)no1. The summed E-state index contributed by atoms with van der Waals surface area (Å²) in [5.74, 6) is 0.688. The normalized spacial score (nSPS) is 11.2. The minimum absolute atomic E-state index is 0.222. The maximum atomic E-state index is 12.4. The highest BCUT2D eigenvalue weighted by Crippen LogP contribution is 2.24. The Morgan fingerprint density at radius 2 is 2.10 bits per heavy atom. The predicted octanol–water partition coefficient (Wildman–Crippen LogP) is 3.05. The number of fused-ring (bicyclic) bond motifs is 1. The standard InChI is InChI=1S/C13H9Cl2N3O2/c1-7-2-9(17-20-7)5-18-6-16-12-10(13(18)19)3-8(14)4-11(12)15/h2-4,6H,5H2,1H3. The zero-order valence-corrected chi connectivity index (χ0v) is 11.9. The van der Waals surface area contributed by atoms with Gasteiger partial charge in [-0.1, -0.05) is 28.4 Å². The molecule has 102 valence electrons. The van der Waals surface area contributed by atoms with E-state index in [1.165, 1.54) is 10.9 Å². The minimum atomic E-state index is -0.222. The molecule has 5 nitrogen and oxygen atoms in total. The summed E-state index contributed by atoms with van der Waals surface area (Å²) in [4.78, 5) is 16.6. The van der Waals surface area contributed by atoms with Crippen LogP contribution in [-0.4, -0.2) is 14.7 Å². The van der Waals surface area contributed by atoms with E-state index in [9.17, 15) is 4.79 Å². The number of hydrogen-bond donors (Lipinski definition) is 0. The highest BCUT2D eigenvalue weighted by molar-refractivity contribution is 6.38. The quantitative estimate of drug-likeness (QED) is 0.730. The topological polar surface area (TPSA) is 60.9 Å². The first-order valence-corrected chi connectivity index (χ1v) is 6.56. The van der Waals surface area contributed by atoms with Crippen molar-refractivity contribution in [3.63, 3.8) is 0 Å². The second-order valence-corrected chi connectivity index (χ2v) is 5.23. The molecule has 1 aromatic carbocycles. The Balaban J connectivity index is 2.14. The lowest BCUT2D eigenvalue weighted by Gasteiger charge is -2.05. The molecule has 3 aromatic rings. The van der Waals surface area contributed by atoms with E-state index < -0.39 is 0 Å². The predicted molar refractivity (Wildman–Crippen MR) is 76.4 cm³/mol. The molecule has 0 aliphatic heterocycles. The zero-order valence-electron chi connectivity index (χ0n) is 10.4. The number of aromatic nitrogens is 3. The van der Waals surface area contributed by atoms with Crippen LogP contribution in [0.1, 0.15) is 11.5 Å². The molecular weight excluding hydrogens is 301 g/mol. The summed E-state index contributed by atoms with van der Waals surface area (Å²) in [6.45, 7) is 2.07. The van der Waals surface area contributed by atoms with Crippen molar-refractivity contribution in [2.75, 3.05) is 0 Å². The third-order valence-electron chi connectivity index (χ3n) is 2.85. The smallest absolute Gasteiger partial charge is 0.261 e. The van der Waals surface area contributed by atoms with Gasteiger partial charge in [-0.2, -0.15) is 0 Å². The fourth-order valence-electron chi connectivity index (χ4n) is 1.97. The van der Waals surface area contributed by atoms with Gasteiger partial charge < -0.3 is 4.52 Å². The van der Waals surface area contributed by atoms with Crippen molar-refractivity contribution in [3.8, 4) is 0 Å². The van der Waals surface area contributed by atoms with Gasteiger partial charge in [0.15, 0.2) is 0 Å². The molecule has 2 heterocycles. The lowest BCUT2D eigenvalue weighted by molar-refractivity contribution is 0.388. The van der Waals surface area contributed by atoms with Gasteiger partial charge in [-0.05, 0) is 19.1 Å². The van der Waals surface area contributed by atoms with E-state index in [1.807, 2.05) is 0 Å². The third kappa shape index (κ3) is 2.30. The molecule has 0 aliphatic carbocycles. The van der Waals surface area contributed by atoms with E-state index in [-0.39, 0.29) is 12.1 Å². The number of nitrogens with zero attached hydrogens (tertiary/aromatic N) is 3. The Kier molecular flexibility index (Phi) is 3.23. The van der Waals surface area contributed by atoms with Crippen LogP contribution in [0.15, 0.2) is 33.8 Å². The average molecular weight is 310 g/mol. The van der Waals surface area contributed by atoms with Crippen LogP contribution in [0.4, 0.5) is 0 Å². The van der Waals surface area contributed by atoms with Crippen molar-refractivity contribution in [1.82, 2.24) is 14.7 Å². The molecule has 20 heavy (non-hydrogen) atoms. The average Bonchev–Trinajstić information content (AvgIpc) is 2.79. The molecule has 0 N–H and O–H groups in total. The number of aryl methyl sites for hydroxylation is 1. The molecule has 3 rings (SSSR count). The molecule has 0 spiro atoms. The van der Waals surface area contributed by atoms with E-state index in [2.05, 4.69) is 10.1 Å². The number of rotatable bonds is 2. The van der Waals surface area contributed by atoms with Crippen LogP contribution in [0.3, 0.4) is 0 Å². The van der Waals surface area contributed by atoms with Gasteiger partial charge in [0, 0.05) is 11.1 Å². The molecule has 0 bridgehead atoms. The van der Waals surface area contributed by atoms with Crippen LogP contribution in [0.2, 0.25) is 10.0 Å². The summed E-state index contributed by atoms with van der Waals surface area (Å²) in [5, 5.41) is 4.99. The van der Waals surface area contributed by atoms with Gasteiger partial charge in [0.1, 0.15) is 11.5 Å². The molecule has 0 fully saturated rings. The third-order valence-corrected chi connectivity index (χ3v) is 3.36. The van der Waals surface area contributed by atoms with Crippen molar-refractivity contribution in [2.45, 2.75) is 13.5 Å². The second kappa shape index (κ2) is 4.92. The van der Waals surface area contributed by atoms with Gasteiger partial charge in [-0.25, -0.2) is 4.98 Å². The Hall–Kier alpha value is -1.85. The highest BCUT2D eigenvalue weighted by atomic mass is 35.5. The van der Waals surface area contributed by atoms with Gasteiger partial charge in [0.05, 0.1) is 28.8 Å². The van der Waals surface area contributed by atoms with Crippen molar-refractivity contribution >= 4 is 34.1 Å². The maximum absolute atomic E-state index is 12.4. The van der Waals surface area contributed by atoms with E-state index in [4.69, 9.17) is 27.7 Å². The Labute approximate surface area is 123 Å². The first-order valence-electron chi connectivity index (χ1n) is 5.81. The van der Waals surface area contributed by atoms with E-state index in [0.717, 1.165) is 0 Å². The van der Waals surface area contributed by atoms with Gasteiger partial charge in [-0.15, -0.1) is 0 Å². The molecule has 0 saturated carbocycles. The van der Waals surface area contributed by atoms with Crippen molar-refractivity contribution in [1.29, 1.82) is 0 Å². The Morgan fingerprint density at radius 3 is 2.80 bits per heavy atom. The minimum Gasteiger partial charge on any atom is -0.361 e. The summed E-state index contributed by atoms with van der Waals surface area (Å²) in [6, 6.07) is 4.88. The van der Waals surface area contributed by atoms with Gasteiger partial charge in [0.25, 0.3) is 5.56 Å².